The van der Waals surface area contributed by atoms with Crippen LogP contribution in [-0.2, 0) is 0 Å². The Morgan fingerprint density at radius 1 is 0.750 bits per heavy atom. The minimum atomic E-state index is 0.877. The second kappa shape index (κ2) is 5.47. The zero-order valence-corrected chi connectivity index (χ0v) is 10.4. The maximum Gasteiger partial charge on any atom is 0.0773 e. The lowest BCUT2D eigenvalue weighted by Gasteiger charge is -1.97. The molecule has 2 aromatic rings. The Morgan fingerprint density at radius 3 is 1.88 bits per heavy atom. The molecule has 0 saturated carbocycles. The highest BCUT2D eigenvalue weighted by Crippen LogP contribution is 2.06. The SMILES string of the molecule is C[Si]c1ccc(/C=C/c2ccccc2)cc1. The third-order valence-electron chi connectivity index (χ3n) is 2.47. The van der Waals surface area contributed by atoms with E-state index in [0.29, 0.717) is 0 Å². The summed E-state index contributed by atoms with van der Waals surface area (Å²) >= 11 is 0. The Kier molecular flexibility index (Phi) is 3.73. The average molecular weight is 222 g/mol. The zero-order valence-electron chi connectivity index (χ0n) is 9.35. The maximum absolute atomic E-state index is 2.20. The molecule has 0 amide bonds. The van der Waals surface area contributed by atoms with Gasteiger partial charge in [0, 0.05) is 0 Å². The third kappa shape index (κ3) is 2.94. The van der Waals surface area contributed by atoms with E-state index in [0.717, 1.165) is 9.52 Å². The van der Waals surface area contributed by atoms with Crippen molar-refractivity contribution in [2.75, 3.05) is 0 Å². The lowest BCUT2D eigenvalue weighted by Crippen LogP contribution is -2.08. The van der Waals surface area contributed by atoms with Crippen LogP contribution in [0.15, 0.2) is 54.6 Å². The Bertz CT molecular complexity index is 455. The van der Waals surface area contributed by atoms with Crippen LogP contribution in [0.3, 0.4) is 0 Å². The molecule has 0 heterocycles. The lowest BCUT2D eigenvalue weighted by atomic mass is 10.1. The molecular formula is C15H14Si. The molecule has 0 aliphatic heterocycles. The summed E-state index contributed by atoms with van der Waals surface area (Å²) in [6, 6.07) is 19.1. The van der Waals surface area contributed by atoms with Gasteiger partial charge in [-0.1, -0.05) is 78.5 Å². The van der Waals surface area contributed by atoms with Gasteiger partial charge < -0.3 is 0 Å². The van der Waals surface area contributed by atoms with E-state index in [1.54, 1.807) is 0 Å². The molecule has 16 heavy (non-hydrogen) atoms. The summed E-state index contributed by atoms with van der Waals surface area (Å²) in [5.74, 6) is 0. The molecule has 78 valence electrons. The van der Waals surface area contributed by atoms with Gasteiger partial charge in [0.2, 0.25) is 0 Å². The van der Waals surface area contributed by atoms with Crippen LogP contribution in [0.5, 0.6) is 0 Å². The Labute approximate surface area is 99.5 Å². The molecule has 2 rings (SSSR count). The Hall–Kier alpha value is -1.60. The van der Waals surface area contributed by atoms with Gasteiger partial charge in [0.1, 0.15) is 0 Å². The molecule has 0 aliphatic rings. The van der Waals surface area contributed by atoms with E-state index >= 15 is 0 Å². The van der Waals surface area contributed by atoms with Crippen molar-refractivity contribution in [2.45, 2.75) is 6.55 Å². The van der Waals surface area contributed by atoms with Crippen molar-refractivity contribution in [1.29, 1.82) is 0 Å². The largest absolute Gasteiger partial charge is 0.0773 e. The van der Waals surface area contributed by atoms with Gasteiger partial charge in [-0.15, -0.1) is 0 Å². The van der Waals surface area contributed by atoms with Crippen molar-refractivity contribution in [2.24, 2.45) is 0 Å². The molecular weight excluding hydrogens is 208 g/mol. The van der Waals surface area contributed by atoms with Gasteiger partial charge in [-0.05, 0) is 11.1 Å². The van der Waals surface area contributed by atoms with Crippen LogP contribution >= 0.6 is 0 Å². The van der Waals surface area contributed by atoms with Crippen molar-refractivity contribution in [3.63, 3.8) is 0 Å². The molecule has 0 atom stereocenters. The standard InChI is InChI=1S/C15H14Si/c1-16-15-11-9-14(10-12-15)8-7-13-5-3-2-4-6-13/h2-12H,1H3/b8-7+. The highest BCUT2D eigenvalue weighted by molar-refractivity contribution is 6.51. The molecule has 0 bridgehead atoms. The van der Waals surface area contributed by atoms with Crippen LogP contribution in [0, 0.1) is 0 Å². The smallest absolute Gasteiger partial charge is 0.0688 e. The van der Waals surface area contributed by atoms with E-state index in [4.69, 9.17) is 0 Å². The summed E-state index contributed by atoms with van der Waals surface area (Å²) in [5.41, 5.74) is 2.50. The second-order valence-electron chi connectivity index (χ2n) is 3.62. The molecule has 0 fully saturated rings. The topological polar surface area (TPSA) is 0 Å². The molecule has 0 saturated heterocycles. The molecule has 0 aromatic heterocycles. The Morgan fingerprint density at radius 2 is 1.31 bits per heavy atom. The normalized spacial score (nSPS) is 10.8. The van der Waals surface area contributed by atoms with Gasteiger partial charge in [0.15, 0.2) is 0 Å². The summed E-state index contributed by atoms with van der Waals surface area (Å²) in [4.78, 5) is 0. The number of hydrogen-bond acceptors (Lipinski definition) is 0. The van der Waals surface area contributed by atoms with Crippen molar-refractivity contribution in [1.82, 2.24) is 0 Å². The van der Waals surface area contributed by atoms with Crippen LogP contribution in [0.1, 0.15) is 11.1 Å². The molecule has 0 spiro atoms. The molecule has 2 aromatic carbocycles. The first-order valence-corrected chi connectivity index (χ1v) is 6.89. The van der Waals surface area contributed by atoms with Crippen molar-refractivity contribution < 1.29 is 0 Å². The minimum absolute atomic E-state index is 0.877. The molecule has 2 radical (unpaired) electrons. The van der Waals surface area contributed by atoms with Crippen molar-refractivity contribution in [3.8, 4) is 0 Å². The second-order valence-corrected chi connectivity index (χ2v) is 4.69. The first-order valence-electron chi connectivity index (χ1n) is 5.39. The van der Waals surface area contributed by atoms with Gasteiger partial charge in [0.25, 0.3) is 0 Å². The maximum atomic E-state index is 2.20. The van der Waals surface area contributed by atoms with Crippen molar-refractivity contribution >= 4 is 26.9 Å². The van der Waals surface area contributed by atoms with Crippen LogP contribution in [0.4, 0.5) is 0 Å². The van der Waals surface area contributed by atoms with E-state index < -0.39 is 0 Å². The molecule has 0 aliphatic carbocycles. The minimum Gasteiger partial charge on any atom is -0.0688 e. The average Bonchev–Trinajstić information content (AvgIpc) is 2.38. The number of hydrogen-bond donors (Lipinski definition) is 0. The molecule has 0 N–H and O–H groups in total. The van der Waals surface area contributed by atoms with Crippen LogP contribution in [0.25, 0.3) is 12.2 Å². The predicted molar refractivity (Wildman–Crippen MR) is 73.1 cm³/mol. The van der Waals surface area contributed by atoms with Crippen molar-refractivity contribution in [3.05, 3.63) is 65.7 Å². The fourth-order valence-corrected chi connectivity index (χ4v) is 2.02. The van der Waals surface area contributed by atoms with E-state index in [2.05, 4.69) is 67.2 Å². The van der Waals surface area contributed by atoms with E-state index in [9.17, 15) is 0 Å². The van der Waals surface area contributed by atoms with Gasteiger partial charge >= 0.3 is 0 Å². The molecule has 1 heteroatoms. The summed E-state index contributed by atoms with van der Waals surface area (Å²) < 4.78 is 0. The van der Waals surface area contributed by atoms with Gasteiger partial charge in [0.05, 0.1) is 9.52 Å². The summed E-state index contributed by atoms with van der Waals surface area (Å²) in [5, 5.41) is 1.41. The fourth-order valence-electron chi connectivity index (χ4n) is 1.52. The monoisotopic (exact) mass is 222 g/mol. The quantitative estimate of drug-likeness (QED) is 0.552. The lowest BCUT2D eigenvalue weighted by molar-refractivity contribution is 1.66. The summed E-state index contributed by atoms with van der Waals surface area (Å²) in [6.45, 7) is 2.20. The van der Waals surface area contributed by atoms with Crippen LogP contribution in [-0.4, -0.2) is 9.52 Å². The highest BCUT2D eigenvalue weighted by atomic mass is 28.2. The van der Waals surface area contributed by atoms with Gasteiger partial charge in [-0.3, -0.25) is 0 Å². The first-order chi connectivity index (χ1) is 7.88. The zero-order chi connectivity index (χ0) is 11.2. The van der Waals surface area contributed by atoms with Gasteiger partial charge in [-0.2, -0.15) is 0 Å². The number of rotatable bonds is 3. The molecule has 0 nitrogen and oxygen atoms in total. The van der Waals surface area contributed by atoms with E-state index in [1.807, 2.05) is 6.07 Å². The predicted octanol–water partition coefficient (Wildman–Crippen LogP) is 3.23. The first kappa shape index (κ1) is 10.9. The molecule has 0 unspecified atom stereocenters. The summed E-state index contributed by atoms with van der Waals surface area (Å²) in [7, 11) is 0.877. The Balaban J connectivity index is 2.12. The van der Waals surface area contributed by atoms with Crippen LogP contribution < -0.4 is 5.19 Å². The van der Waals surface area contributed by atoms with E-state index in [1.165, 1.54) is 16.3 Å². The third-order valence-corrected chi connectivity index (χ3v) is 3.38. The fraction of sp³-hybridized carbons (Fsp3) is 0.0667. The van der Waals surface area contributed by atoms with Gasteiger partial charge in [-0.25, -0.2) is 0 Å². The number of benzene rings is 2. The highest BCUT2D eigenvalue weighted by Gasteiger charge is 1.89. The van der Waals surface area contributed by atoms with E-state index in [-0.39, 0.29) is 0 Å². The van der Waals surface area contributed by atoms with Crippen LogP contribution in [0.2, 0.25) is 6.55 Å². The summed E-state index contributed by atoms with van der Waals surface area (Å²) in [6.07, 6.45) is 4.29.